The molecule has 0 spiro atoms. The van der Waals surface area contributed by atoms with E-state index in [2.05, 4.69) is 36.1 Å². The number of nitro groups is 1. The van der Waals surface area contributed by atoms with Crippen molar-refractivity contribution in [3.63, 3.8) is 0 Å². The van der Waals surface area contributed by atoms with Gasteiger partial charge in [0.25, 0.3) is 5.97 Å². The van der Waals surface area contributed by atoms with Crippen molar-refractivity contribution in [2.24, 2.45) is 5.92 Å². The monoisotopic (exact) mass is 627 g/mol. The van der Waals surface area contributed by atoms with Crippen molar-refractivity contribution >= 4 is 17.6 Å². The largest absolute Gasteiger partial charge is 0.490 e. The Hall–Kier alpha value is -3.66. The Morgan fingerprint density at radius 1 is 1.02 bits per heavy atom. The first-order valence-corrected chi connectivity index (χ1v) is 15.9. The van der Waals surface area contributed by atoms with Crippen LogP contribution in [-0.2, 0) is 16.0 Å². The van der Waals surface area contributed by atoms with Gasteiger partial charge in [-0.1, -0.05) is 58.9 Å². The van der Waals surface area contributed by atoms with Crippen molar-refractivity contribution in [3.05, 3.63) is 63.7 Å². The molecule has 0 atom stereocenters. The van der Waals surface area contributed by atoms with Crippen LogP contribution in [0.25, 0.3) is 0 Å². The van der Waals surface area contributed by atoms with E-state index >= 15 is 0 Å². The molecule has 2 fully saturated rings. The number of aliphatic carboxylic acids is 1. The van der Waals surface area contributed by atoms with Gasteiger partial charge in [-0.15, -0.1) is 0 Å². The fourth-order valence-electron chi connectivity index (χ4n) is 5.65. The lowest BCUT2D eigenvalue weighted by Gasteiger charge is -2.34. The summed E-state index contributed by atoms with van der Waals surface area (Å²) in [6, 6.07) is 13.9. The predicted molar refractivity (Wildman–Crippen MR) is 177 cm³/mol. The molecule has 2 heterocycles. The molecule has 2 aliphatic rings. The first kappa shape index (κ1) is 37.5. The van der Waals surface area contributed by atoms with E-state index in [1.807, 2.05) is 18.7 Å². The van der Waals surface area contributed by atoms with Crippen LogP contribution >= 0.6 is 0 Å². The summed E-state index contributed by atoms with van der Waals surface area (Å²) < 4.78 is 11.8. The van der Waals surface area contributed by atoms with E-state index in [9.17, 15) is 14.9 Å². The number of hydrogen-bond acceptors (Lipinski definition) is 7. The van der Waals surface area contributed by atoms with Crippen molar-refractivity contribution in [3.8, 4) is 11.5 Å². The summed E-state index contributed by atoms with van der Waals surface area (Å²) in [4.78, 5) is 37.3. The number of carboxylic acids is 1. The molecule has 10 heteroatoms. The van der Waals surface area contributed by atoms with Gasteiger partial charge in [0, 0.05) is 58.0 Å². The van der Waals surface area contributed by atoms with Crippen LogP contribution in [0.2, 0.25) is 0 Å². The molecule has 0 saturated carbocycles. The van der Waals surface area contributed by atoms with Crippen LogP contribution in [0.5, 0.6) is 11.5 Å². The molecule has 2 aliphatic heterocycles. The molecule has 0 aliphatic carbocycles. The number of carbonyl (C=O) groups excluding carboxylic acids is 1. The molecule has 1 amide bonds. The number of likely N-dealkylation sites (tertiary alicyclic amines) is 2. The van der Waals surface area contributed by atoms with Gasteiger partial charge in [-0.2, -0.15) is 0 Å². The van der Waals surface area contributed by atoms with Gasteiger partial charge in [-0.3, -0.25) is 19.7 Å². The van der Waals surface area contributed by atoms with Gasteiger partial charge in [0.1, 0.15) is 11.9 Å². The fraction of sp³-hybridized carbons (Fsp3) is 0.600. The molecule has 10 nitrogen and oxygen atoms in total. The zero-order valence-corrected chi connectivity index (χ0v) is 26.7. The summed E-state index contributed by atoms with van der Waals surface area (Å²) in [7, 11) is 0. The van der Waals surface area contributed by atoms with Gasteiger partial charge >= 0.3 is 5.69 Å². The standard InChI is InChI=1S/C32H45N3O5.C2H4O2.CH4/c1-4-5-25-6-8-26(9-7-25)27-12-17-33(18-13-27)19-16-32(36)34-20-14-28(15-21-34)40-29-10-11-30(35(37)38)31(22-29)39-23-24(2)3;1-2(3)4;/h6-11,22,24,27-28H,4-5,12-21,23H2,1-3H3;1H3,(H,3,4);1H4. The Morgan fingerprint density at radius 3 is 2.20 bits per heavy atom. The summed E-state index contributed by atoms with van der Waals surface area (Å²) >= 11 is 0. The van der Waals surface area contributed by atoms with Gasteiger partial charge in [0.2, 0.25) is 11.7 Å². The average molecular weight is 628 g/mol. The van der Waals surface area contributed by atoms with Crippen molar-refractivity contribution in [2.75, 3.05) is 39.3 Å². The maximum atomic E-state index is 12.9. The van der Waals surface area contributed by atoms with E-state index in [1.165, 1.54) is 23.6 Å². The first-order valence-electron chi connectivity index (χ1n) is 15.9. The number of ether oxygens (including phenoxy) is 2. The Bertz CT molecular complexity index is 1200. The molecule has 2 aromatic carbocycles. The lowest BCUT2D eigenvalue weighted by molar-refractivity contribution is -0.385. The number of rotatable bonds is 12. The SMILES string of the molecule is C.CC(=O)O.CCCc1ccc(C2CCN(CCC(=O)N3CCC(Oc4ccc([N+](=O)[O-])c(OCC(C)C)c4)CC3)CC2)cc1. The van der Waals surface area contributed by atoms with E-state index in [-0.39, 0.29) is 36.8 Å². The summed E-state index contributed by atoms with van der Waals surface area (Å²) in [5.74, 6) is 1.06. The maximum Gasteiger partial charge on any atom is 0.311 e. The van der Waals surface area contributed by atoms with Crippen molar-refractivity contribution < 1.29 is 29.1 Å². The van der Waals surface area contributed by atoms with Gasteiger partial charge < -0.3 is 24.4 Å². The highest BCUT2D eigenvalue weighted by Crippen LogP contribution is 2.33. The number of benzene rings is 2. The topological polar surface area (TPSA) is 122 Å². The van der Waals surface area contributed by atoms with Gasteiger partial charge in [-0.25, -0.2) is 0 Å². The van der Waals surface area contributed by atoms with Crippen molar-refractivity contribution in [2.45, 2.75) is 92.1 Å². The molecular weight excluding hydrogens is 574 g/mol. The van der Waals surface area contributed by atoms with Crippen LogP contribution in [-0.4, -0.2) is 77.1 Å². The van der Waals surface area contributed by atoms with Gasteiger partial charge in [-0.05, 0) is 61.4 Å². The maximum absolute atomic E-state index is 12.9. The number of nitrogens with zero attached hydrogens (tertiary/aromatic N) is 3. The van der Waals surface area contributed by atoms with E-state index in [4.69, 9.17) is 19.4 Å². The molecule has 4 rings (SSSR count). The summed E-state index contributed by atoms with van der Waals surface area (Å²) in [5, 5.41) is 18.8. The summed E-state index contributed by atoms with van der Waals surface area (Å²) in [5.41, 5.74) is 2.82. The number of carboxylic acid groups (broad SMARTS) is 1. The highest BCUT2D eigenvalue weighted by atomic mass is 16.6. The Labute approximate surface area is 268 Å². The molecule has 1 N–H and O–H groups in total. The fourth-order valence-corrected chi connectivity index (χ4v) is 5.65. The zero-order valence-electron chi connectivity index (χ0n) is 26.7. The molecule has 0 unspecified atom stereocenters. The third-order valence-corrected chi connectivity index (χ3v) is 8.02. The molecule has 250 valence electrons. The molecular formula is C35H53N3O7. The minimum Gasteiger partial charge on any atom is -0.490 e. The Kier molecular flexibility index (Phi) is 15.8. The predicted octanol–water partition coefficient (Wildman–Crippen LogP) is 6.95. The second-order valence-electron chi connectivity index (χ2n) is 12.2. The van der Waals surface area contributed by atoms with Gasteiger partial charge in [0.15, 0.2) is 0 Å². The van der Waals surface area contributed by atoms with E-state index in [0.29, 0.717) is 37.8 Å². The molecule has 2 aromatic rings. The number of aryl methyl sites for hydroxylation is 1. The highest BCUT2D eigenvalue weighted by Gasteiger charge is 2.26. The van der Waals surface area contributed by atoms with Crippen LogP contribution in [0.4, 0.5) is 5.69 Å². The number of piperidine rings is 2. The lowest BCUT2D eigenvalue weighted by atomic mass is 9.88. The number of carbonyl (C=O) groups is 2. The third kappa shape index (κ3) is 12.7. The molecule has 0 radical (unpaired) electrons. The summed E-state index contributed by atoms with van der Waals surface area (Å²) in [6.07, 6.45) is 6.64. The van der Waals surface area contributed by atoms with E-state index in [0.717, 1.165) is 58.7 Å². The molecule has 45 heavy (non-hydrogen) atoms. The van der Waals surface area contributed by atoms with Gasteiger partial charge in [0.05, 0.1) is 11.5 Å². The van der Waals surface area contributed by atoms with E-state index < -0.39 is 10.9 Å². The lowest BCUT2D eigenvalue weighted by Crippen LogP contribution is -2.43. The number of nitro benzene ring substituents is 1. The molecule has 0 bridgehead atoms. The Balaban J connectivity index is 0.00000133. The van der Waals surface area contributed by atoms with Crippen LogP contribution in [0.15, 0.2) is 42.5 Å². The average Bonchev–Trinajstić information content (AvgIpc) is 3.00. The number of hydrogen-bond donors (Lipinski definition) is 1. The minimum atomic E-state index is -0.833. The minimum absolute atomic E-state index is 0. The molecule has 0 aromatic heterocycles. The van der Waals surface area contributed by atoms with Crippen molar-refractivity contribution in [1.29, 1.82) is 0 Å². The third-order valence-electron chi connectivity index (χ3n) is 8.02. The quantitative estimate of drug-likeness (QED) is 0.198. The Morgan fingerprint density at radius 2 is 1.64 bits per heavy atom. The second kappa shape index (κ2) is 19.0. The van der Waals surface area contributed by atoms with Crippen LogP contribution < -0.4 is 9.47 Å². The van der Waals surface area contributed by atoms with Crippen LogP contribution in [0, 0.1) is 16.0 Å². The first-order chi connectivity index (χ1) is 21.0. The van der Waals surface area contributed by atoms with Crippen LogP contribution in [0.1, 0.15) is 90.7 Å². The molecule has 2 saturated heterocycles. The van der Waals surface area contributed by atoms with E-state index in [1.54, 1.807) is 12.1 Å². The smallest absolute Gasteiger partial charge is 0.311 e. The summed E-state index contributed by atoms with van der Waals surface area (Å²) in [6.45, 7) is 11.9. The van der Waals surface area contributed by atoms with Crippen LogP contribution in [0.3, 0.4) is 0 Å². The second-order valence-corrected chi connectivity index (χ2v) is 12.2. The van der Waals surface area contributed by atoms with Crippen molar-refractivity contribution in [1.82, 2.24) is 9.80 Å². The normalized spacial score (nSPS) is 15.9. The zero-order chi connectivity index (χ0) is 32.1. The number of amides is 1. The highest BCUT2D eigenvalue weighted by molar-refractivity contribution is 5.76.